The Balaban J connectivity index is 2.09. The molecule has 0 fully saturated rings. The minimum absolute atomic E-state index is 0.789. The maximum absolute atomic E-state index is 4.21. The summed E-state index contributed by atoms with van der Waals surface area (Å²) in [6.07, 6.45) is 3.80. The quantitative estimate of drug-likeness (QED) is 0.766. The van der Waals surface area contributed by atoms with E-state index in [0.29, 0.717) is 0 Å². The molecular weight excluding hydrogens is 256 g/mol. The van der Waals surface area contributed by atoms with E-state index in [-0.39, 0.29) is 0 Å². The molecule has 0 spiro atoms. The molecule has 0 aliphatic heterocycles. The van der Waals surface area contributed by atoms with Crippen molar-refractivity contribution in [3.05, 3.63) is 11.9 Å². The number of hydrogen-bond donors (Lipinski definition) is 0. The van der Waals surface area contributed by atoms with Gasteiger partial charge in [-0.05, 0) is 13.2 Å². The fraction of sp³-hybridized carbons (Fsp3) is 0.556. The van der Waals surface area contributed by atoms with Crippen LogP contribution >= 0.6 is 23.5 Å². The van der Waals surface area contributed by atoms with Crippen molar-refractivity contribution in [3.63, 3.8) is 0 Å². The van der Waals surface area contributed by atoms with E-state index in [4.69, 9.17) is 0 Å². The Morgan fingerprint density at radius 1 is 1.35 bits per heavy atom. The van der Waals surface area contributed by atoms with Crippen LogP contribution < -0.4 is 0 Å². The molecule has 2 aromatic heterocycles. The highest BCUT2D eigenvalue weighted by atomic mass is 32.2. The first-order valence-electron chi connectivity index (χ1n) is 5.20. The van der Waals surface area contributed by atoms with Crippen LogP contribution in [-0.2, 0) is 19.3 Å². The summed E-state index contributed by atoms with van der Waals surface area (Å²) < 4.78 is 3.68. The summed E-state index contributed by atoms with van der Waals surface area (Å²) in [6, 6.07) is 0. The van der Waals surface area contributed by atoms with Crippen LogP contribution in [-0.4, -0.2) is 36.2 Å². The van der Waals surface area contributed by atoms with Crippen molar-refractivity contribution in [1.82, 2.24) is 30.0 Å². The van der Waals surface area contributed by atoms with Gasteiger partial charge >= 0.3 is 0 Å². The van der Waals surface area contributed by atoms with Gasteiger partial charge in [-0.15, -0.1) is 22.0 Å². The lowest BCUT2D eigenvalue weighted by molar-refractivity contribution is 0.583. The first-order valence-corrected chi connectivity index (χ1v) is 7.41. The average Bonchev–Trinajstić information content (AvgIpc) is 2.92. The summed E-state index contributed by atoms with van der Waals surface area (Å²) in [7, 11) is 1.88. The molecule has 92 valence electrons. The summed E-state index contributed by atoms with van der Waals surface area (Å²) in [5.74, 6) is 0.789. The van der Waals surface area contributed by atoms with Gasteiger partial charge in [-0.2, -0.15) is 0 Å². The number of rotatable bonds is 5. The zero-order chi connectivity index (χ0) is 12.3. The summed E-state index contributed by atoms with van der Waals surface area (Å²) in [5.41, 5.74) is 1.02. The third-order valence-corrected chi connectivity index (χ3v) is 4.19. The molecular formula is C9H14N6S2. The van der Waals surface area contributed by atoms with Crippen LogP contribution in [0.25, 0.3) is 0 Å². The van der Waals surface area contributed by atoms with Gasteiger partial charge in [0, 0.05) is 19.3 Å². The number of nitrogens with zero attached hydrogens (tertiary/aromatic N) is 6. The molecule has 0 saturated heterocycles. The van der Waals surface area contributed by atoms with Crippen molar-refractivity contribution in [2.45, 2.75) is 29.3 Å². The Morgan fingerprint density at radius 3 is 2.76 bits per heavy atom. The number of thioether (sulfide) groups is 2. The Bertz CT molecular complexity index is 491. The minimum Gasteiger partial charge on any atom is -0.242 e. The highest BCUT2D eigenvalue weighted by Crippen LogP contribution is 2.25. The summed E-state index contributed by atoms with van der Waals surface area (Å²) in [4.78, 5) is 0. The summed E-state index contributed by atoms with van der Waals surface area (Å²) in [5, 5.41) is 18.2. The maximum atomic E-state index is 4.21. The highest BCUT2D eigenvalue weighted by Gasteiger charge is 2.12. The zero-order valence-corrected chi connectivity index (χ0v) is 11.6. The molecule has 2 aromatic rings. The van der Waals surface area contributed by atoms with Gasteiger partial charge in [-0.3, -0.25) is 0 Å². The van der Waals surface area contributed by atoms with Crippen molar-refractivity contribution in [1.29, 1.82) is 0 Å². The van der Waals surface area contributed by atoms with Crippen LogP contribution in [0.15, 0.2) is 16.2 Å². The van der Waals surface area contributed by atoms with Gasteiger partial charge in [0.1, 0.15) is 15.7 Å². The largest absolute Gasteiger partial charge is 0.242 e. The molecule has 8 heteroatoms. The topological polar surface area (TPSA) is 61.4 Å². The summed E-state index contributed by atoms with van der Waals surface area (Å²) in [6.45, 7) is 2.91. The van der Waals surface area contributed by atoms with Crippen LogP contribution in [0.3, 0.4) is 0 Å². The lowest BCUT2D eigenvalue weighted by Gasteiger charge is -2.02. The molecule has 2 heterocycles. The predicted molar refractivity (Wildman–Crippen MR) is 68.0 cm³/mol. The maximum Gasteiger partial charge on any atom is 0.118 e. The highest BCUT2D eigenvalue weighted by molar-refractivity contribution is 7.99. The van der Waals surface area contributed by atoms with Crippen LogP contribution in [0, 0.1) is 0 Å². The molecule has 2 rings (SSSR count). The molecule has 0 amide bonds. The van der Waals surface area contributed by atoms with Crippen LogP contribution in [0.2, 0.25) is 0 Å². The van der Waals surface area contributed by atoms with E-state index in [9.17, 15) is 0 Å². The second-order valence-corrected chi connectivity index (χ2v) is 5.14. The standard InChI is InChI=1S/C9H14N6S2/c1-4-15-9(16-3)7(11-13-15)6-17-8-5-10-12-14(8)2/h5H,4,6H2,1-3H3. The van der Waals surface area contributed by atoms with Crippen LogP contribution in [0.4, 0.5) is 0 Å². The van der Waals surface area contributed by atoms with E-state index in [0.717, 1.165) is 28.0 Å². The molecule has 0 N–H and O–H groups in total. The van der Waals surface area contributed by atoms with Gasteiger partial charge in [-0.25, -0.2) is 9.36 Å². The number of hydrogen-bond acceptors (Lipinski definition) is 6. The van der Waals surface area contributed by atoms with E-state index >= 15 is 0 Å². The fourth-order valence-corrected chi connectivity index (χ4v) is 3.05. The Hall–Kier alpha value is -1.02. The Morgan fingerprint density at radius 2 is 2.18 bits per heavy atom. The Kier molecular flexibility index (Phi) is 4.06. The van der Waals surface area contributed by atoms with E-state index in [1.165, 1.54) is 0 Å². The van der Waals surface area contributed by atoms with Gasteiger partial charge in [-0.1, -0.05) is 22.2 Å². The van der Waals surface area contributed by atoms with E-state index in [1.54, 1.807) is 34.4 Å². The monoisotopic (exact) mass is 270 g/mol. The first kappa shape index (κ1) is 12.4. The van der Waals surface area contributed by atoms with Crippen molar-refractivity contribution in [2.24, 2.45) is 7.05 Å². The second kappa shape index (κ2) is 5.54. The van der Waals surface area contributed by atoms with E-state index < -0.39 is 0 Å². The lowest BCUT2D eigenvalue weighted by atomic mass is 10.5. The summed E-state index contributed by atoms with van der Waals surface area (Å²) >= 11 is 3.35. The molecule has 17 heavy (non-hydrogen) atoms. The van der Waals surface area contributed by atoms with Crippen LogP contribution in [0.1, 0.15) is 12.6 Å². The third-order valence-electron chi connectivity index (χ3n) is 2.28. The molecule has 6 nitrogen and oxygen atoms in total. The van der Waals surface area contributed by atoms with Crippen molar-refractivity contribution in [2.75, 3.05) is 6.26 Å². The van der Waals surface area contributed by atoms with E-state index in [2.05, 4.69) is 27.5 Å². The number of aromatic nitrogens is 6. The first-order chi connectivity index (χ1) is 8.26. The van der Waals surface area contributed by atoms with Gasteiger partial charge in [0.2, 0.25) is 0 Å². The Labute approximate surface area is 108 Å². The molecule has 0 bridgehead atoms. The smallest absolute Gasteiger partial charge is 0.118 e. The third kappa shape index (κ3) is 2.63. The lowest BCUT2D eigenvalue weighted by Crippen LogP contribution is -1.98. The number of aryl methyl sites for hydroxylation is 2. The SMILES string of the molecule is CCn1nnc(CSc2cnnn2C)c1SC. The van der Waals surface area contributed by atoms with Gasteiger partial charge in [0.25, 0.3) is 0 Å². The minimum atomic E-state index is 0.789. The van der Waals surface area contributed by atoms with Gasteiger partial charge in [0.15, 0.2) is 0 Å². The molecule has 0 radical (unpaired) electrons. The second-order valence-electron chi connectivity index (χ2n) is 3.35. The van der Waals surface area contributed by atoms with Crippen molar-refractivity contribution < 1.29 is 0 Å². The molecule has 0 unspecified atom stereocenters. The zero-order valence-electron chi connectivity index (χ0n) is 9.99. The van der Waals surface area contributed by atoms with Gasteiger partial charge in [0.05, 0.1) is 6.20 Å². The van der Waals surface area contributed by atoms with Crippen LogP contribution in [0.5, 0.6) is 0 Å². The fourth-order valence-electron chi connectivity index (χ4n) is 1.41. The predicted octanol–water partition coefficient (Wildman–Crippen LogP) is 1.44. The molecule has 0 aromatic carbocycles. The molecule has 0 saturated carbocycles. The molecule has 0 aliphatic rings. The normalized spacial score (nSPS) is 11.0. The van der Waals surface area contributed by atoms with Gasteiger partial charge < -0.3 is 0 Å². The molecule has 0 aliphatic carbocycles. The van der Waals surface area contributed by atoms with Crippen molar-refractivity contribution in [3.8, 4) is 0 Å². The van der Waals surface area contributed by atoms with E-state index in [1.807, 2.05) is 18.0 Å². The molecule has 0 atom stereocenters. The average molecular weight is 270 g/mol. The van der Waals surface area contributed by atoms with Crippen molar-refractivity contribution >= 4 is 23.5 Å².